The molecule has 1 spiro atoms. The second kappa shape index (κ2) is 8.74. The number of hydrogen-bond donors (Lipinski definition) is 1. The van der Waals surface area contributed by atoms with Gasteiger partial charge in [-0.05, 0) is 54.7 Å². The summed E-state index contributed by atoms with van der Waals surface area (Å²) in [6.07, 6.45) is -0.0106. The lowest BCUT2D eigenvalue weighted by molar-refractivity contribution is -0.137. The summed E-state index contributed by atoms with van der Waals surface area (Å²) in [6.45, 7) is 0.528. The van der Waals surface area contributed by atoms with Gasteiger partial charge in [0.15, 0.2) is 5.03 Å². The zero-order chi connectivity index (χ0) is 25.7. The van der Waals surface area contributed by atoms with Gasteiger partial charge < -0.3 is 9.88 Å². The number of alkyl halides is 3. The molecule has 1 saturated heterocycles. The van der Waals surface area contributed by atoms with Crippen LogP contribution in [0.25, 0.3) is 0 Å². The maximum absolute atomic E-state index is 13.1. The highest BCUT2D eigenvalue weighted by Gasteiger charge is 2.50. The first-order chi connectivity index (χ1) is 17.0. The third kappa shape index (κ3) is 4.20. The van der Waals surface area contributed by atoms with Crippen molar-refractivity contribution in [3.63, 3.8) is 0 Å². The van der Waals surface area contributed by atoms with Crippen molar-refractivity contribution in [2.24, 2.45) is 7.05 Å². The number of halogens is 3. The number of amides is 1. The summed E-state index contributed by atoms with van der Waals surface area (Å²) in [5.41, 5.74) is 1.01. The molecule has 1 aliphatic heterocycles. The van der Waals surface area contributed by atoms with Crippen LogP contribution >= 0.6 is 0 Å². The molecule has 0 bridgehead atoms. The number of aryl methyl sites for hydroxylation is 1. The fraction of sp³-hybridized carbons (Fsp3) is 0.360. The Balaban J connectivity index is 1.38. The lowest BCUT2D eigenvalue weighted by atomic mass is 9.71. The Labute approximate surface area is 207 Å². The first-order valence-corrected chi connectivity index (χ1v) is 13.0. The number of nitrogens with one attached hydrogen (secondary N) is 1. The number of sulfonamides is 1. The summed E-state index contributed by atoms with van der Waals surface area (Å²) in [7, 11) is -2.04. The van der Waals surface area contributed by atoms with Gasteiger partial charge in [0.05, 0.1) is 11.9 Å². The Morgan fingerprint density at radius 2 is 1.75 bits per heavy atom. The van der Waals surface area contributed by atoms with Crippen LogP contribution in [0.15, 0.2) is 66.1 Å². The summed E-state index contributed by atoms with van der Waals surface area (Å²) in [5.74, 6) is -0.454. The fourth-order valence-corrected chi connectivity index (χ4v) is 6.83. The zero-order valence-electron chi connectivity index (χ0n) is 19.5. The van der Waals surface area contributed by atoms with Gasteiger partial charge in [-0.2, -0.15) is 17.5 Å². The molecule has 0 radical (unpaired) electrons. The molecule has 1 aromatic heterocycles. The number of aromatic nitrogens is 2. The number of nitrogens with zero attached hydrogens (tertiary/aromatic N) is 3. The van der Waals surface area contributed by atoms with E-state index in [-0.39, 0.29) is 29.7 Å². The highest BCUT2D eigenvalue weighted by atomic mass is 32.2. The maximum atomic E-state index is 13.1. The molecule has 7 nitrogen and oxygen atoms in total. The first kappa shape index (κ1) is 24.5. The number of carbonyl (C=O) groups excluding carboxylic acids is 1. The van der Waals surface area contributed by atoms with Crippen LogP contribution in [0.2, 0.25) is 0 Å². The van der Waals surface area contributed by atoms with Crippen molar-refractivity contribution in [1.29, 1.82) is 0 Å². The number of rotatable bonds is 4. The molecule has 5 rings (SSSR count). The van der Waals surface area contributed by atoms with Crippen molar-refractivity contribution in [1.82, 2.24) is 19.2 Å². The van der Waals surface area contributed by atoms with Gasteiger partial charge >= 0.3 is 6.18 Å². The van der Waals surface area contributed by atoms with E-state index in [4.69, 9.17) is 0 Å². The minimum Gasteiger partial charge on any atom is -0.348 e. The van der Waals surface area contributed by atoms with Crippen LogP contribution in [0.3, 0.4) is 0 Å². The predicted molar refractivity (Wildman–Crippen MR) is 126 cm³/mol. The number of carbonyl (C=O) groups is 1. The molecule has 1 atom stereocenters. The van der Waals surface area contributed by atoms with Crippen LogP contribution in [0.1, 0.15) is 39.9 Å². The zero-order valence-corrected chi connectivity index (χ0v) is 20.3. The summed E-state index contributed by atoms with van der Waals surface area (Å²) in [4.78, 5) is 17.0. The van der Waals surface area contributed by atoms with Crippen molar-refractivity contribution >= 4 is 15.9 Å². The molecule has 2 heterocycles. The lowest BCUT2D eigenvalue weighted by Gasteiger charge is -2.43. The number of benzene rings is 2. The fourth-order valence-electron chi connectivity index (χ4n) is 5.43. The minimum atomic E-state index is -4.48. The minimum absolute atomic E-state index is 0.0000662. The molecule has 1 N–H and O–H groups in total. The first-order valence-electron chi connectivity index (χ1n) is 11.6. The average Bonchev–Trinajstić information content (AvgIpc) is 3.41. The number of hydrogen-bond acceptors (Lipinski definition) is 4. The molecule has 190 valence electrons. The van der Waals surface area contributed by atoms with Crippen LogP contribution in [-0.2, 0) is 35.1 Å². The Morgan fingerprint density at radius 1 is 1.08 bits per heavy atom. The van der Waals surface area contributed by atoms with Gasteiger partial charge in [0.25, 0.3) is 15.9 Å². The van der Waals surface area contributed by atoms with E-state index in [1.807, 2.05) is 24.3 Å². The molecular weight excluding hydrogens is 493 g/mol. The number of imidazole rings is 1. The highest BCUT2D eigenvalue weighted by Crippen LogP contribution is 2.47. The Bertz CT molecular complexity index is 1390. The molecule has 0 saturated carbocycles. The van der Waals surface area contributed by atoms with E-state index in [9.17, 15) is 26.4 Å². The topological polar surface area (TPSA) is 84.3 Å². The average molecular weight is 519 g/mol. The maximum Gasteiger partial charge on any atom is 0.416 e. The Kier molecular flexibility index (Phi) is 5.95. The van der Waals surface area contributed by atoms with Crippen molar-refractivity contribution in [2.75, 3.05) is 13.1 Å². The Hall–Kier alpha value is -3.18. The normalized spacial score (nSPS) is 19.8. The molecule has 1 fully saturated rings. The van der Waals surface area contributed by atoms with Crippen molar-refractivity contribution in [3.05, 3.63) is 83.3 Å². The van der Waals surface area contributed by atoms with Gasteiger partial charge in [0, 0.05) is 43.4 Å². The second-order valence-electron chi connectivity index (χ2n) is 9.40. The number of fused-ring (bicyclic) bond motifs is 2. The number of piperidine rings is 1. The Morgan fingerprint density at radius 3 is 2.36 bits per heavy atom. The van der Waals surface area contributed by atoms with Crippen LogP contribution in [0.4, 0.5) is 13.2 Å². The van der Waals surface area contributed by atoms with E-state index in [0.29, 0.717) is 19.3 Å². The summed E-state index contributed by atoms with van der Waals surface area (Å²) >= 11 is 0. The van der Waals surface area contributed by atoms with Crippen LogP contribution in [0, 0.1) is 0 Å². The van der Waals surface area contributed by atoms with Crippen molar-refractivity contribution in [2.45, 2.75) is 41.9 Å². The third-order valence-corrected chi connectivity index (χ3v) is 9.11. The summed E-state index contributed by atoms with van der Waals surface area (Å²) in [6, 6.07) is 11.7. The molecule has 3 aromatic rings. The molecule has 2 aromatic carbocycles. The molecule has 11 heteroatoms. The van der Waals surface area contributed by atoms with E-state index >= 15 is 0 Å². The molecule has 1 aliphatic carbocycles. The van der Waals surface area contributed by atoms with Gasteiger partial charge in [0.2, 0.25) is 0 Å². The van der Waals surface area contributed by atoms with E-state index < -0.39 is 33.1 Å². The van der Waals surface area contributed by atoms with E-state index in [2.05, 4.69) is 10.3 Å². The van der Waals surface area contributed by atoms with E-state index in [1.54, 1.807) is 11.6 Å². The van der Waals surface area contributed by atoms with Crippen LogP contribution < -0.4 is 5.32 Å². The molecule has 36 heavy (non-hydrogen) atoms. The molecule has 1 amide bonds. The smallest absolute Gasteiger partial charge is 0.348 e. The van der Waals surface area contributed by atoms with Gasteiger partial charge in [-0.3, -0.25) is 4.79 Å². The largest absolute Gasteiger partial charge is 0.416 e. The second-order valence-corrected chi connectivity index (χ2v) is 11.3. The predicted octanol–water partition coefficient (Wildman–Crippen LogP) is 3.52. The molecule has 1 unspecified atom stereocenters. The van der Waals surface area contributed by atoms with E-state index in [0.717, 1.165) is 23.3 Å². The summed E-state index contributed by atoms with van der Waals surface area (Å²) < 4.78 is 67.9. The van der Waals surface area contributed by atoms with Crippen LogP contribution in [-0.4, -0.2) is 47.3 Å². The summed E-state index contributed by atoms with van der Waals surface area (Å²) in [5, 5.41) is 3.05. The van der Waals surface area contributed by atoms with Gasteiger partial charge in [-0.15, -0.1) is 0 Å². The third-order valence-electron chi connectivity index (χ3n) is 7.32. The van der Waals surface area contributed by atoms with Crippen molar-refractivity contribution < 1.29 is 26.4 Å². The SMILES string of the molecule is Cn1cnc(S(=O)(=O)N2CCC3(CC2)c2ccccc2CC3NC(=O)c2ccc(C(F)(F)F)cc2)c1. The molecular formula is C25H25F3N4O3S. The monoisotopic (exact) mass is 518 g/mol. The lowest BCUT2D eigenvalue weighted by Crippen LogP contribution is -2.54. The van der Waals surface area contributed by atoms with Gasteiger partial charge in [-0.1, -0.05) is 24.3 Å². The van der Waals surface area contributed by atoms with E-state index in [1.165, 1.54) is 29.0 Å². The van der Waals surface area contributed by atoms with Gasteiger partial charge in [-0.25, -0.2) is 13.4 Å². The van der Waals surface area contributed by atoms with Crippen molar-refractivity contribution in [3.8, 4) is 0 Å². The standard InChI is InChI=1S/C25H25F3N4O3S/c1-31-15-22(29-16-31)36(34,35)32-12-10-24(11-13-32)20-5-3-2-4-18(20)14-21(24)30-23(33)17-6-8-19(9-7-17)25(26,27)28/h2-9,15-16,21H,10-14H2,1H3,(H,30,33). The quantitative estimate of drug-likeness (QED) is 0.573. The van der Waals surface area contributed by atoms with Gasteiger partial charge in [0.1, 0.15) is 0 Å². The highest BCUT2D eigenvalue weighted by molar-refractivity contribution is 7.89. The van der Waals surface area contributed by atoms with Crippen LogP contribution in [0.5, 0.6) is 0 Å². The molecule has 2 aliphatic rings.